The van der Waals surface area contributed by atoms with Crippen LogP contribution in [-0.2, 0) is 6.42 Å². The molecule has 0 aliphatic carbocycles. The van der Waals surface area contributed by atoms with E-state index >= 15 is 0 Å². The average Bonchev–Trinajstić information content (AvgIpc) is 2.83. The van der Waals surface area contributed by atoms with Crippen LogP contribution in [0.2, 0.25) is 0 Å². The maximum absolute atomic E-state index is 4.13. The monoisotopic (exact) mass is 214 g/mol. The molecule has 1 unspecified atom stereocenters. The lowest BCUT2D eigenvalue weighted by Crippen LogP contribution is -2.10. The van der Waals surface area contributed by atoms with Crippen LogP contribution in [0.1, 0.15) is 31.4 Å². The van der Waals surface area contributed by atoms with Gasteiger partial charge in [-0.3, -0.25) is 0 Å². The molecule has 2 heteroatoms. The van der Waals surface area contributed by atoms with Gasteiger partial charge in [0.15, 0.2) is 0 Å². The van der Waals surface area contributed by atoms with Crippen LogP contribution in [0.15, 0.2) is 49.1 Å². The Morgan fingerprint density at radius 1 is 1.25 bits per heavy atom. The van der Waals surface area contributed by atoms with E-state index in [1.165, 1.54) is 18.4 Å². The fraction of sp³-hybridized carbons (Fsp3) is 0.357. The van der Waals surface area contributed by atoms with E-state index in [2.05, 4.69) is 53.0 Å². The standard InChI is InChI=1S/C14H18N2/c1-2-6-14(16-10-9-15-12-16)11-13-7-4-3-5-8-13/h3-5,7-10,12,14H,2,6,11H2,1H3. The second-order valence-corrected chi connectivity index (χ2v) is 4.14. The van der Waals surface area contributed by atoms with Crippen molar-refractivity contribution in [2.24, 2.45) is 0 Å². The topological polar surface area (TPSA) is 17.8 Å². The van der Waals surface area contributed by atoms with Gasteiger partial charge in [-0.05, 0) is 18.4 Å². The third-order valence-electron chi connectivity index (χ3n) is 2.88. The minimum absolute atomic E-state index is 0.537. The molecule has 0 radical (unpaired) electrons. The molecule has 0 amide bonds. The summed E-state index contributed by atoms with van der Waals surface area (Å²) in [5.74, 6) is 0. The Balaban J connectivity index is 2.09. The number of hydrogen-bond acceptors (Lipinski definition) is 1. The maximum atomic E-state index is 4.13. The summed E-state index contributed by atoms with van der Waals surface area (Å²) in [4.78, 5) is 4.13. The molecule has 0 N–H and O–H groups in total. The van der Waals surface area contributed by atoms with Crippen molar-refractivity contribution in [3.63, 3.8) is 0 Å². The summed E-state index contributed by atoms with van der Waals surface area (Å²) in [6.07, 6.45) is 9.33. The number of imidazole rings is 1. The highest BCUT2D eigenvalue weighted by Crippen LogP contribution is 2.19. The highest BCUT2D eigenvalue weighted by Gasteiger charge is 2.09. The maximum Gasteiger partial charge on any atom is 0.0948 e. The first-order valence-corrected chi connectivity index (χ1v) is 5.91. The highest BCUT2D eigenvalue weighted by atomic mass is 15.0. The van der Waals surface area contributed by atoms with E-state index in [0.29, 0.717) is 6.04 Å². The van der Waals surface area contributed by atoms with Gasteiger partial charge >= 0.3 is 0 Å². The van der Waals surface area contributed by atoms with Gasteiger partial charge in [-0.15, -0.1) is 0 Å². The molecule has 0 fully saturated rings. The van der Waals surface area contributed by atoms with Gasteiger partial charge in [-0.1, -0.05) is 43.7 Å². The molecule has 1 heterocycles. The number of aromatic nitrogens is 2. The van der Waals surface area contributed by atoms with Crippen LogP contribution in [0.25, 0.3) is 0 Å². The van der Waals surface area contributed by atoms with Crippen molar-refractivity contribution in [3.8, 4) is 0 Å². The van der Waals surface area contributed by atoms with Gasteiger partial charge in [-0.25, -0.2) is 4.98 Å². The smallest absolute Gasteiger partial charge is 0.0948 e. The zero-order valence-corrected chi connectivity index (χ0v) is 9.71. The lowest BCUT2D eigenvalue weighted by atomic mass is 10.0. The first kappa shape index (κ1) is 10.9. The third-order valence-corrected chi connectivity index (χ3v) is 2.88. The second kappa shape index (κ2) is 5.50. The van der Waals surface area contributed by atoms with E-state index in [-0.39, 0.29) is 0 Å². The van der Waals surface area contributed by atoms with Gasteiger partial charge in [-0.2, -0.15) is 0 Å². The Labute approximate surface area is 97.0 Å². The summed E-state index contributed by atoms with van der Waals surface area (Å²) in [6.45, 7) is 2.23. The molecule has 1 atom stereocenters. The van der Waals surface area contributed by atoms with E-state index < -0.39 is 0 Å². The largest absolute Gasteiger partial charge is 0.334 e. The first-order valence-electron chi connectivity index (χ1n) is 5.91. The van der Waals surface area contributed by atoms with Gasteiger partial charge < -0.3 is 4.57 Å². The highest BCUT2D eigenvalue weighted by molar-refractivity contribution is 5.15. The fourth-order valence-corrected chi connectivity index (χ4v) is 2.06. The van der Waals surface area contributed by atoms with Crippen LogP contribution >= 0.6 is 0 Å². The lowest BCUT2D eigenvalue weighted by Gasteiger charge is -2.17. The molecular weight excluding hydrogens is 196 g/mol. The molecule has 2 aromatic rings. The molecule has 2 rings (SSSR count). The Morgan fingerprint density at radius 3 is 2.69 bits per heavy atom. The fourth-order valence-electron chi connectivity index (χ4n) is 2.06. The Kier molecular flexibility index (Phi) is 3.76. The van der Waals surface area contributed by atoms with Gasteiger partial charge in [0, 0.05) is 18.4 Å². The van der Waals surface area contributed by atoms with E-state index in [4.69, 9.17) is 0 Å². The molecule has 0 saturated heterocycles. The lowest BCUT2D eigenvalue weighted by molar-refractivity contribution is 0.458. The summed E-state index contributed by atoms with van der Waals surface area (Å²) in [7, 11) is 0. The van der Waals surface area contributed by atoms with Crippen LogP contribution in [-0.4, -0.2) is 9.55 Å². The van der Waals surface area contributed by atoms with Gasteiger partial charge in [0.25, 0.3) is 0 Å². The second-order valence-electron chi connectivity index (χ2n) is 4.14. The molecule has 0 aliphatic rings. The molecule has 0 bridgehead atoms. The summed E-state index contributed by atoms with van der Waals surface area (Å²) in [5.41, 5.74) is 1.40. The van der Waals surface area contributed by atoms with Crippen LogP contribution in [0.4, 0.5) is 0 Å². The van der Waals surface area contributed by atoms with Crippen molar-refractivity contribution in [2.45, 2.75) is 32.2 Å². The zero-order chi connectivity index (χ0) is 11.2. The minimum Gasteiger partial charge on any atom is -0.334 e. The molecule has 84 valence electrons. The summed E-state index contributed by atoms with van der Waals surface area (Å²) in [5, 5.41) is 0. The van der Waals surface area contributed by atoms with Crippen molar-refractivity contribution < 1.29 is 0 Å². The third kappa shape index (κ3) is 2.72. The van der Waals surface area contributed by atoms with Crippen molar-refractivity contribution in [3.05, 3.63) is 54.6 Å². The minimum atomic E-state index is 0.537. The number of rotatable bonds is 5. The van der Waals surface area contributed by atoms with E-state index in [1.54, 1.807) is 0 Å². The quantitative estimate of drug-likeness (QED) is 0.745. The van der Waals surface area contributed by atoms with E-state index in [0.717, 1.165) is 6.42 Å². The van der Waals surface area contributed by atoms with Gasteiger partial charge in [0.1, 0.15) is 0 Å². The average molecular weight is 214 g/mol. The van der Waals surface area contributed by atoms with Crippen molar-refractivity contribution >= 4 is 0 Å². The molecule has 0 spiro atoms. The molecule has 0 aliphatic heterocycles. The molecule has 0 saturated carbocycles. The van der Waals surface area contributed by atoms with Crippen LogP contribution in [0.5, 0.6) is 0 Å². The SMILES string of the molecule is CCCC(Cc1ccccc1)n1ccnc1. The Morgan fingerprint density at radius 2 is 2.06 bits per heavy atom. The molecular formula is C14H18N2. The normalized spacial score (nSPS) is 12.6. The van der Waals surface area contributed by atoms with Crippen LogP contribution < -0.4 is 0 Å². The Bertz CT molecular complexity index is 392. The van der Waals surface area contributed by atoms with Gasteiger partial charge in [0.2, 0.25) is 0 Å². The molecule has 1 aromatic heterocycles. The molecule has 16 heavy (non-hydrogen) atoms. The first-order chi connectivity index (χ1) is 7.90. The molecule has 2 nitrogen and oxygen atoms in total. The predicted molar refractivity (Wildman–Crippen MR) is 66.3 cm³/mol. The predicted octanol–water partition coefficient (Wildman–Crippen LogP) is 3.47. The van der Waals surface area contributed by atoms with E-state index in [1.807, 2.05) is 12.5 Å². The van der Waals surface area contributed by atoms with E-state index in [9.17, 15) is 0 Å². The summed E-state index contributed by atoms with van der Waals surface area (Å²) >= 11 is 0. The number of nitrogens with zero attached hydrogens (tertiary/aromatic N) is 2. The van der Waals surface area contributed by atoms with Crippen LogP contribution in [0.3, 0.4) is 0 Å². The zero-order valence-electron chi connectivity index (χ0n) is 9.71. The van der Waals surface area contributed by atoms with Crippen LogP contribution in [0, 0.1) is 0 Å². The van der Waals surface area contributed by atoms with Crippen molar-refractivity contribution in [2.75, 3.05) is 0 Å². The van der Waals surface area contributed by atoms with Gasteiger partial charge in [0.05, 0.1) is 6.33 Å². The summed E-state index contributed by atoms with van der Waals surface area (Å²) in [6, 6.07) is 11.2. The van der Waals surface area contributed by atoms with Crippen molar-refractivity contribution in [1.29, 1.82) is 0 Å². The Hall–Kier alpha value is -1.57. The summed E-state index contributed by atoms with van der Waals surface area (Å²) < 4.78 is 2.22. The van der Waals surface area contributed by atoms with Crippen molar-refractivity contribution in [1.82, 2.24) is 9.55 Å². The number of benzene rings is 1. The number of hydrogen-bond donors (Lipinski definition) is 0. The molecule has 1 aromatic carbocycles.